The average Bonchev–Trinajstić information content (AvgIpc) is 2.55. The van der Waals surface area contributed by atoms with E-state index in [1.807, 2.05) is 31.2 Å². The topological polar surface area (TPSA) is 58.9 Å². The van der Waals surface area contributed by atoms with Gasteiger partial charge in [-0.3, -0.25) is 4.79 Å². The Hall–Kier alpha value is -2.03. The van der Waals surface area contributed by atoms with Gasteiger partial charge in [-0.15, -0.1) is 0 Å². The van der Waals surface area contributed by atoms with Crippen LogP contribution in [-0.2, 0) is 11.2 Å². The first-order chi connectivity index (χ1) is 7.59. The lowest BCUT2D eigenvalue weighted by Gasteiger charge is -2.01. The number of nitrogens with one attached hydrogen (secondary N) is 1. The Kier molecular flexibility index (Phi) is 2.52. The summed E-state index contributed by atoms with van der Waals surface area (Å²) in [6, 6.07) is 8.00. The minimum atomic E-state index is -0.440. The highest BCUT2D eigenvalue weighted by Gasteiger charge is 2.11. The molecule has 1 heterocycles. The molecule has 16 heavy (non-hydrogen) atoms. The van der Waals surface area contributed by atoms with Crippen molar-refractivity contribution >= 4 is 16.8 Å². The van der Waals surface area contributed by atoms with E-state index in [0.717, 1.165) is 22.2 Å². The van der Waals surface area contributed by atoms with Crippen LogP contribution < -0.4 is 5.73 Å². The van der Waals surface area contributed by atoms with Crippen LogP contribution >= 0.6 is 0 Å². The molecule has 0 saturated heterocycles. The Morgan fingerprint density at radius 3 is 2.81 bits per heavy atom. The van der Waals surface area contributed by atoms with Crippen LogP contribution in [0.25, 0.3) is 10.9 Å². The van der Waals surface area contributed by atoms with Crippen LogP contribution in [0.1, 0.15) is 11.3 Å². The van der Waals surface area contributed by atoms with Crippen molar-refractivity contribution in [3.63, 3.8) is 0 Å². The summed E-state index contributed by atoms with van der Waals surface area (Å²) in [5, 5.41) is 1.13. The molecule has 3 N–H and O–H groups in total. The maximum Gasteiger partial charge on any atom is 0.244 e. The first-order valence-electron chi connectivity index (χ1n) is 5.13. The zero-order valence-corrected chi connectivity index (χ0v) is 9.21. The van der Waals surface area contributed by atoms with Gasteiger partial charge in [0.05, 0.1) is 0 Å². The minimum Gasteiger partial charge on any atom is -0.366 e. The van der Waals surface area contributed by atoms with E-state index in [0.29, 0.717) is 12.0 Å². The van der Waals surface area contributed by atoms with Crippen molar-refractivity contribution in [2.24, 2.45) is 5.73 Å². The molecule has 0 aliphatic carbocycles. The number of aromatic amines is 1. The number of benzene rings is 1. The summed E-state index contributed by atoms with van der Waals surface area (Å²) in [5.41, 5.74) is 8.87. The Morgan fingerprint density at radius 2 is 2.12 bits per heavy atom. The number of H-pyrrole nitrogens is 1. The normalized spacial score (nSPS) is 10.6. The van der Waals surface area contributed by atoms with E-state index in [4.69, 9.17) is 5.73 Å². The number of fused-ring (bicyclic) bond motifs is 1. The summed E-state index contributed by atoms with van der Waals surface area (Å²) in [4.78, 5) is 14.3. The van der Waals surface area contributed by atoms with Gasteiger partial charge in [-0.25, -0.2) is 0 Å². The number of carbonyl (C=O) groups excluding carboxylic acids is 1. The Labute approximate surface area is 94.0 Å². The quantitative estimate of drug-likeness (QED) is 0.755. The van der Waals surface area contributed by atoms with Crippen LogP contribution in [0, 0.1) is 6.92 Å². The van der Waals surface area contributed by atoms with Gasteiger partial charge in [0.15, 0.2) is 0 Å². The lowest BCUT2D eigenvalue weighted by atomic mass is 10.0. The highest BCUT2D eigenvalue weighted by atomic mass is 16.1. The van der Waals surface area contributed by atoms with Gasteiger partial charge < -0.3 is 10.7 Å². The second kappa shape index (κ2) is 3.85. The maximum atomic E-state index is 11.0. The molecule has 0 aliphatic heterocycles. The molecule has 0 atom stereocenters. The fourth-order valence-corrected chi connectivity index (χ4v) is 1.86. The average molecular weight is 214 g/mol. The van der Waals surface area contributed by atoms with E-state index >= 15 is 0 Å². The summed E-state index contributed by atoms with van der Waals surface area (Å²) in [6.45, 7) is 5.68. The third-order valence-corrected chi connectivity index (χ3v) is 2.77. The van der Waals surface area contributed by atoms with Gasteiger partial charge in [0.1, 0.15) is 0 Å². The molecular formula is C13H14N2O. The Bertz CT molecular complexity index is 566. The Morgan fingerprint density at radius 1 is 1.44 bits per heavy atom. The lowest BCUT2D eigenvalue weighted by molar-refractivity contribution is -0.114. The van der Waals surface area contributed by atoms with Gasteiger partial charge in [-0.1, -0.05) is 24.8 Å². The summed E-state index contributed by atoms with van der Waals surface area (Å²) in [6.07, 6.45) is 0.505. The van der Waals surface area contributed by atoms with E-state index in [1.165, 1.54) is 0 Å². The molecule has 1 aromatic heterocycles. The minimum absolute atomic E-state index is 0.438. The van der Waals surface area contributed by atoms with Crippen molar-refractivity contribution in [1.29, 1.82) is 0 Å². The number of aryl methyl sites for hydroxylation is 1. The van der Waals surface area contributed by atoms with Gasteiger partial charge in [0, 0.05) is 28.6 Å². The zero-order valence-electron chi connectivity index (χ0n) is 9.21. The third kappa shape index (κ3) is 1.72. The fraction of sp³-hybridized carbons (Fsp3) is 0.154. The van der Waals surface area contributed by atoms with Gasteiger partial charge in [-0.05, 0) is 18.6 Å². The lowest BCUT2D eigenvalue weighted by Crippen LogP contribution is -2.14. The second-order valence-corrected chi connectivity index (χ2v) is 3.92. The summed E-state index contributed by atoms with van der Waals surface area (Å²) >= 11 is 0. The smallest absolute Gasteiger partial charge is 0.244 e. The zero-order chi connectivity index (χ0) is 11.7. The van der Waals surface area contributed by atoms with Crippen molar-refractivity contribution in [1.82, 2.24) is 4.98 Å². The molecule has 0 aliphatic rings. The van der Waals surface area contributed by atoms with E-state index in [2.05, 4.69) is 11.6 Å². The number of hydrogen-bond donors (Lipinski definition) is 2. The van der Waals surface area contributed by atoms with E-state index < -0.39 is 5.91 Å². The van der Waals surface area contributed by atoms with Gasteiger partial charge >= 0.3 is 0 Å². The monoisotopic (exact) mass is 214 g/mol. The molecule has 2 rings (SSSR count). The predicted octanol–water partition coefficient (Wildman–Crippen LogP) is 2.06. The van der Waals surface area contributed by atoms with Crippen molar-refractivity contribution in [3.05, 3.63) is 47.7 Å². The molecule has 0 bridgehead atoms. The molecule has 3 nitrogen and oxygen atoms in total. The molecule has 0 spiro atoms. The molecule has 0 unspecified atom stereocenters. The summed E-state index contributed by atoms with van der Waals surface area (Å²) < 4.78 is 0. The number of amides is 1. The van der Waals surface area contributed by atoms with E-state index in [-0.39, 0.29) is 0 Å². The highest BCUT2D eigenvalue weighted by Crippen LogP contribution is 2.23. The molecule has 1 aromatic carbocycles. The van der Waals surface area contributed by atoms with Gasteiger partial charge in [-0.2, -0.15) is 0 Å². The first-order valence-corrected chi connectivity index (χ1v) is 5.13. The molecular weight excluding hydrogens is 200 g/mol. The molecule has 0 radical (unpaired) electrons. The Balaban J connectivity index is 2.47. The van der Waals surface area contributed by atoms with Crippen molar-refractivity contribution in [2.45, 2.75) is 13.3 Å². The van der Waals surface area contributed by atoms with E-state index in [1.54, 1.807) is 0 Å². The first kappa shape index (κ1) is 10.5. The standard InChI is InChI=1S/C13H14N2O/c1-8(13(14)16)7-11-9(2)15-12-6-4-3-5-10(11)12/h3-6,15H,1,7H2,2H3,(H2,14,16). The molecule has 1 amide bonds. The number of rotatable bonds is 3. The largest absolute Gasteiger partial charge is 0.366 e. The highest BCUT2D eigenvalue weighted by molar-refractivity contribution is 5.93. The van der Waals surface area contributed by atoms with Crippen LogP contribution in [0.15, 0.2) is 36.4 Å². The van der Waals surface area contributed by atoms with Crippen molar-refractivity contribution < 1.29 is 4.79 Å². The fourth-order valence-electron chi connectivity index (χ4n) is 1.86. The van der Waals surface area contributed by atoms with Crippen LogP contribution in [0.4, 0.5) is 0 Å². The number of primary amides is 1. The molecule has 0 saturated carbocycles. The summed E-state index contributed by atoms with van der Waals surface area (Å²) in [7, 11) is 0. The van der Waals surface area contributed by atoms with Crippen LogP contribution in [0.3, 0.4) is 0 Å². The molecule has 0 fully saturated rings. The molecule has 82 valence electrons. The molecule has 3 heteroatoms. The number of carbonyl (C=O) groups is 1. The van der Waals surface area contributed by atoms with Crippen molar-refractivity contribution in [3.8, 4) is 0 Å². The SMILES string of the molecule is C=C(Cc1c(C)[nH]c2ccccc12)C(N)=O. The molecule has 2 aromatic rings. The second-order valence-electron chi connectivity index (χ2n) is 3.92. The number of aromatic nitrogens is 1. The van der Waals surface area contributed by atoms with E-state index in [9.17, 15) is 4.79 Å². The van der Waals surface area contributed by atoms with Gasteiger partial charge in [0.2, 0.25) is 5.91 Å². The number of para-hydroxylation sites is 1. The predicted molar refractivity (Wildman–Crippen MR) is 65.1 cm³/mol. The van der Waals surface area contributed by atoms with Gasteiger partial charge in [0.25, 0.3) is 0 Å². The van der Waals surface area contributed by atoms with Crippen LogP contribution in [-0.4, -0.2) is 10.9 Å². The van der Waals surface area contributed by atoms with Crippen LogP contribution in [0.2, 0.25) is 0 Å². The summed E-state index contributed by atoms with van der Waals surface area (Å²) in [5.74, 6) is -0.440. The maximum absolute atomic E-state index is 11.0. The van der Waals surface area contributed by atoms with Crippen molar-refractivity contribution in [2.75, 3.05) is 0 Å². The number of nitrogens with two attached hydrogens (primary N) is 1. The number of hydrogen-bond acceptors (Lipinski definition) is 1. The third-order valence-electron chi connectivity index (χ3n) is 2.77. The van der Waals surface area contributed by atoms with Crippen LogP contribution in [0.5, 0.6) is 0 Å².